The van der Waals surface area contributed by atoms with Gasteiger partial charge in [-0.3, -0.25) is 0 Å². The van der Waals surface area contributed by atoms with Gasteiger partial charge in [-0.2, -0.15) is 0 Å². The zero-order chi connectivity index (χ0) is 12.3. The summed E-state index contributed by atoms with van der Waals surface area (Å²) in [4.78, 5) is 0. The van der Waals surface area contributed by atoms with E-state index in [0.717, 1.165) is 17.7 Å². The molecule has 1 atom stereocenters. The zero-order valence-electron chi connectivity index (χ0n) is 10.4. The minimum absolute atomic E-state index is 0.00858. The van der Waals surface area contributed by atoms with E-state index in [0.29, 0.717) is 5.02 Å². The molecular weight excluding hydrogens is 222 g/mol. The molecule has 1 aromatic rings. The summed E-state index contributed by atoms with van der Waals surface area (Å²) < 4.78 is 5.84. The predicted octanol–water partition coefficient (Wildman–Crippen LogP) is 3.93. The lowest BCUT2D eigenvalue weighted by Gasteiger charge is -2.25. The maximum atomic E-state index is 6.16. The summed E-state index contributed by atoms with van der Waals surface area (Å²) in [6.45, 7) is 8.11. The lowest BCUT2D eigenvalue weighted by atomic mass is 10.1. The first-order valence-electron chi connectivity index (χ1n) is 5.60. The molecule has 2 N–H and O–H groups in total. The van der Waals surface area contributed by atoms with E-state index in [4.69, 9.17) is 22.1 Å². The second-order valence-corrected chi connectivity index (χ2v) is 5.10. The van der Waals surface area contributed by atoms with Crippen LogP contribution < -0.4 is 10.5 Å². The molecule has 1 rings (SSSR count). The number of hydrogen-bond donors (Lipinski definition) is 1. The van der Waals surface area contributed by atoms with Gasteiger partial charge in [0.1, 0.15) is 11.4 Å². The highest BCUT2D eigenvalue weighted by atomic mass is 35.5. The molecule has 2 nitrogen and oxygen atoms in total. The zero-order valence-corrected chi connectivity index (χ0v) is 11.1. The van der Waals surface area contributed by atoms with E-state index in [9.17, 15) is 0 Å². The van der Waals surface area contributed by atoms with Crippen molar-refractivity contribution in [1.82, 2.24) is 0 Å². The fraction of sp³-hybridized carbons (Fsp3) is 0.538. The molecule has 0 aromatic heterocycles. The minimum atomic E-state index is -0.195. The highest BCUT2D eigenvalue weighted by molar-refractivity contribution is 6.32. The first-order chi connectivity index (χ1) is 7.35. The molecule has 3 heteroatoms. The van der Waals surface area contributed by atoms with Crippen LogP contribution in [-0.2, 0) is 0 Å². The van der Waals surface area contributed by atoms with E-state index in [2.05, 4.69) is 6.92 Å². The van der Waals surface area contributed by atoms with Crippen molar-refractivity contribution in [3.63, 3.8) is 0 Å². The molecule has 1 unspecified atom stereocenters. The second kappa shape index (κ2) is 5.07. The van der Waals surface area contributed by atoms with Crippen LogP contribution in [0.3, 0.4) is 0 Å². The highest BCUT2D eigenvalue weighted by Crippen LogP contribution is 2.30. The molecule has 0 spiro atoms. The van der Waals surface area contributed by atoms with Crippen LogP contribution in [0.5, 0.6) is 5.75 Å². The largest absolute Gasteiger partial charge is 0.486 e. The van der Waals surface area contributed by atoms with Crippen molar-refractivity contribution in [2.75, 3.05) is 0 Å². The molecule has 0 aliphatic rings. The standard InChI is InChI=1S/C13H20ClNO/c1-5-13(3,4)16-12-7-6-10(9(2)15)8-11(12)14/h6-9H,5,15H2,1-4H3. The van der Waals surface area contributed by atoms with Gasteiger partial charge in [0.2, 0.25) is 0 Å². The van der Waals surface area contributed by atoms with Gasteiger partial charge in [-0.15, -0.1) is 0 Å². The summed E-state index contributed by atoms with van der Waals surface area (Å²) in [5.74, 6) is 0.720. The summed E-state index contributed by atoms with van der Waals surface area (Å²) in [5, 5.41) is 0.622. The topological polar surface area (TPSA) is 35.2 Å². The molecule has 90 valence electrons. The fourth-order valence-corrected chi connectivity index (χ4v) is 1.48. The van der Waals surface area contributed by atoms with Gasteiger partial charge in [-0.05, 0) is 44.9 Å². The van der Waals surface area contributed by atoms with Crippen molar-refractivity contribution in [3.05, 3.63) is 28.8 Å². The number of halogens is 1. The Morgan fingerprint density at radius 1 is 1.44 bits per heavy atom. The molecule has 0 saturated heterocycles. The second-order valence-electron chi connectivity index (χ2n) is 4.69. The smallest absolute Gasteiger partial charge is 0.138 e. The van der Waals surface area contributed by atoms with Crippen molar-refractivity contribution in [3.8, 4) is 5.75 Å². The van der Waals surface area contributed by atoms with Crippen molar-refractivity contribution in [2.45, 2.75) is 45.8 Å². The summed E-state index contributed by atoms with van der Waals surface area (Å²) in [7, 11) is 0. The molecule has 0 fully saturated rings. The first kappa shape index (κ1) is 13.3. The van der Waals surface area contributed by atoms with Gasteiger partial charge < -0.3 is 10.5 Å². The van der Waals surface area contributed by atoms with Crippen LogP contribution in [0.25, 0.3) is 0 Å². The Balaban J connectivity index is 2.91. The summed E-state index contributed by atoms with van der Waals surface area (Å²) in [5.41, 5.74) is 6.61. The van der Waals surface area contributed by atoms with E-state index in [1.165, 1.54) is 0 Å². The van der Waals surface area contributed by atoms with Crippen molar-refractivity contribution >= 4 is 11.6 Å². The van der Waals surface area contributed by atoms with Crippen LogP contribution in [0.2, 0.25) is 5.02 Å². The number of ether oxygens (including phenoxy) is 1. The van der Waals surface area contributed by atoms with E-state index in [1.54, 1.807) is 0 Å². The van der Waals surface area contributed by atoms with E-state index >= 15 is 0 Å². The van der Waals surface area contributed by atoms with E-state index in [1.807, 2.05) is 39.0 Å². The number of nitrogens with two attached hydrogens (primary N) is 1. The Kier molecular flexibility index (Phi) is 4.22. The van der Waals surface area contributed by atoms with Crippen LogP contribution in [0.1, 0.15) is 45.7 Å². The number of benzene rings is 1. The Morgan fingerprint density at radius 2 is 2.06 bits per heavy atom. The first-order valence-corrected chi connectivity index (χ1v) is 5.97. The Bertz CT molecular complexity index is 361. The SMILES string of the molecule is CCC(C)(C)Oc1ccc(C(C)N)cc1Cl. The summed E-state index contributed by atoms with van der Waals surface area (Å²) in [6, 6.07) is 5.70. The molecule has 1 aromatic carbocycles. The lowest BCUT2D eigenvalue weighted by molar-refractivity contribution is 0.105. The van der Waals surface area contributed by atoms with Crippen molar-refractivity contribution in [2.24, 2.45) is 5.73 Å². The number of hydrogen-bond acceptors (Lipinski definition) is 2. The molecule has 0 saturated carbocycles. The Hall–Kier alpha value is -0.730. The number of rotatable bonds is 4. The van der Waals surface area contributed by atoms with Gasteiger partial charge in [-0.25, -0.2) is 0 Å². The molecule has 0 bridgehead atoms. The Morgan fingerprint density at radius 3 is 2.50 bits per heavy atom. The van der Waals surface area contributed by atoms with Crippen LogP contribution in [-0.4, -0.2) is 5.60 Å². The average molecular weight is 242 g/mol. The quantitative estimate of drug-likeness (QED) is 0.867. The van der Waals surface area contributed by atoms with Crippen LogP contribution in [0.4, 0.5) is 0 Å². The van der Waals surface area contributed by atoms with Crippen LogP contribution >= 0.6 is 11.6 Å². The summed E-state index contributed by atoms with van der Waals surface area (Å²) in [6.07, 6.45) is 0.929. The maximum absolute atomic E-state index is 6.16. The molecule has 0 radical (unpaired) electrons. The van der Waals surface area contributed by atoms with Gasteiger partial charge in [0, 0.05) is 6.04 Å². The predicted molar refractivity (Wildman–Crippen MR) is 69.1 cm³/mol. The van der Waals surface area contributed by atoms with Gasteiger partial charge in [0.15, 0.2) is 0 Å². The van der Waals surface area contributed by atoms with Gasteiger partial charge in [0.05, 0.1) is 5.02 Å². The third-order valence-electron chi connectivity index (χ3n) is 2.72. The van der Waals surface area contributed by atoms with Gasteiger partial charge in [0.25, 0.3) is 0 Å². The van der Waals surface area contributed by atoms with Gasteiger partial charge in [-0.1, -0.05) is 24.6 Å². The monoisotopic (exact) mass is 241 g/mol. The fourth-order valence-electron chi connectivity index (χ4n) is 1.25. The third-order valence-corrected chi connectivity index (χ3v) is 3.01. The molecule has 0 aliphatic carbocycles. The molecule has 0 amide bonds. The molecule has 0 aliphatic heterocycles. The molecule has 16 heavy (non-hydrogen) atoms. The third kappa shape index (κ3) is 3.39. The van der Waals surface area contributed by atoms with Crippen molar-refractivity contribution < 1.29 is 4.74 Å². The normalized spacial score (nSPS) is 13.6. The minimum Gasteiger partial charge on any atom is -0.486 e. The van der Waals surface area contributed by atoms with Crippen LogP contribution in [0.15, 0.2) is 18.2 Å². The van der Waals surface area contributed by atoms with Crippen molar-refractivity contribution in [1.29, 1.82) is 0 Å². The van der Waals surface area contributed by atoms with Crippen LogP contribution in [0, 0.1) is 0 Å². The maximum Gasteiger partial charge on any atom is 0.138 e. The molecule has 0 heterocycles. The lowest BCUT2D eigenvalue weighted by Crippen LogP contribution is -2.26. The van der Waals surface area contributed by atoms with E-state index < -0.39 is 0 Å². The summed E-state index contributed by atoms with van der Waals surface area (Å²) >= 11 is 6.16. The Labute approximate surface area is 103 Å². The molecular formula is C13H20ClNO. The highest BCUT2D eigenvalue weighted by Gasteiger charge is 2.18. The average Bonchev–Trinajstić information content (AvgIpc) is 2.20. The van der Waals surface area contributed by atoms with Gasteiger partial charge >= 0.3 is 0 Å². The van der Waals surface area contributed by atoms with E-state index in [-0.39, 0.29) is 11.6 Å².